The Morgan fingerprint density at radius 3 is 2.35 bits per heavy atom. The van der Waals surface area contributed by atoms with Gasteiger partial charge >= 0.3 is 5.97 Å². The van der Waals surface area contributed by atoms with Gasteiger partial charge in [0, 0.05) is 19.4 Å². The van der Waals surface area contributed by atoms with Crippen LogP contribution < -0.4 is 21.7 Å². The molecule has 9 nitrogen and oxygen atoms in total. The molecule has 0 spiro atoms. The zero-order chi connectivity index (χ0) is 22.7. The van der Waals surface area contributed by atoms with Crippen LogP contribution in [0.25, 0.3) is 0 Å². The highest BCUT2D eigenvalue weighted by molar-refractivity contribution is 7.89. The van der Waals surface area contributed by atoms with E-state index < -0.39 is 22.0 Å². The second kappa shape index (κ2) is 12.0. The van der Waals surface area contributed by atoms with Crippen molar-refractivity contribution in [3.63, 3.8) is 0 Å². The fraction of sp³-hybridized carbons (Fsp3) is 0.333. The molecular formula is C21H27N4O5S. The molecule has 0 aliphatic rings. The molecule has 0 bridgehead atoms. The number of nitrogens with one attached hydrogen (secondary N) is 3. The lowest BCUT2D eigenvalue weighted by Crippen LogP contribution is -2.45. The molecule has 0 fully saturated rings. The maximum absolute atomic E-state index is 12.7. The van der Waals surface area contributed by atoms with Gasteiger partial charge in [-0.15, -0.1) is 0 Å². The Morgan fingerprint density at radius 2 is 1.68 bits per heavy atom. The second-order valence-electron chi connectivity index (χ2n) is 6.94. The standard InChI is InChI=1S/C21H27N4O5S/c22-18-12-7-6-9-16(18)15-19(25-31(28,29)17-10-3-1-4-11-17)21(27)30-24-14-8-2-5-13-20(23)26/h1,3-4,6-7,9-12,19,22,24-25H,2,5,8,13-15H2,(H2,23,26)/t19-/m0/s1. The first kappa shape index (κ1) is 24.3. The Hall–Kier alpha value is -2.95. The van der Waals surface area contributed by atoms with Gasteiger partial charge in [0.15, 0.2) is 0 Å². The maximum atomic E-state index is 12.7. The number of unbranched alkanes of at least 4 members (excludes halogenated alkanes) is 2. The fourth-order valence-electron chi connectivity index (χ4n) is 2.81. The van der Waals surface area contributed by atoms with E-state index in [4.69, 9.17) is 16.3 Å². The Labute approximate surface area is 182 Å². The van der Waals surface area contributed by atoms with E-state index in [9.17, 15) is 18.0 Å². The van der Waals surface area contributed by atoms with Crippen molar-refractivity contribution in [2.75, 3.05) is 6.54 Å². The average molecular weight is 448 g/mol. The normalized spacial score (nSPS) is 12.3. The van der Waals surface area contributed by atoms with Gasteiger partial charge < -0.3 is 16.3 Å². The van der Waals surface area contributed by atoms with Crippen molar-refractivity contribution in [1.82, 2.24) is 15.9 Å². The minimum Gasteiger partial charge on any atom is -0.370 e. The minimum atomic E-state index is -3.97. The van der Waals surface area contributed by atoms with Crippen molar-refractivity contribution in [3.8, 4) is 0 Å². The summed E-state index contributed by atoms with van der Waals surface area (Å²) in [6.07, 6.45) is 2.28. The van der Waals surface area contributed by atoms with E-state index in [0.717, 1.165) is 6.42 Å². The van der Waals surface area contributed by atoms with Crippen LogP contribution in [0.15, 0.2) is 59.5 Å². The minimum absolute atomic E-state index is 0.0226. The predicted octanol–water partition coefficient (Wildman–Crippen LogP) is 1.58. The number of nitrogens with two attached hydrogens (primary N) is 1. The molecule has 0 unspecified atom stereocenters. The molecule has 2 aromatic rings. The number of hydrogen-bond donors (Lipinski definition) is 3. The molecule has 2 aromatic carbocycles. The van der Waals surface area contributed by atoms with Crippen molar-refractivity contribution in [3.05, 3.63) is 60.2 Å². The van der Waals surface area contributed by atoms with Crippen LogP contribution in [0.4, 0.5) is 5.69 Å². The van der Waals surface area contributed by atoms with E-state index in [1.54, 1.807) is 42.5 Å². The molecule has 5 N–H and O–H groups in total. The summed E-state index contributed by atoms with van der Waals surface area (Å²) in [5.41, 5.74) is 16.3. The molecule has 0 heterocycles. The van der Waals surface area contributed by atoms with Crippen LogP contribution in [-0.4, -0.2) is 32.9 Å². The number of carbonyl (C=O) groups is 2. The quantitative estimate of drug-likeness (QED) is 0.313. The number of primary amides is 1. The van der Waals surface area contributed by atoms with Crippen molar-refractivity contribution < 1.29 is 22.8 Å². The van der Waals surface area contributed by atoms with Crippen molar-refractivity contribution >= 4 is 27.6 Å². The lowest BCUT2D eigenvalue weighted by molar-refractivity contribution is -0.153. The number of benzene rings is 2. The predicted molar refractivity (Wildman–Crippen MR) is 115 cm³/mol. The third kappa shape index (κ3) is 8.36. The van der Waals surface area contributed by atoms with Crippen LogP contribution in [0, 0.1) is 0 Å². The summed E-state index contributed by atoms with van der Waals surface area (Å²) in [4.78, 5) is 28.4. The van der Waals surface area contributed by atoms with Crippen molar-refractivity contribution in [2.45, 2.75) is 43.0 Å². The first-order valence-electron chi connectivity index (χ1n) is 9.88. The van der Waals surface area contributed by atoms with E-state index in [0.29, 0.717) is 31.4 Å². The van der Waals surface area contributed by atoms with Gasteiger partial charge in [0.25, 0.3) is 0 Å². The Bertz CT molecular complexity index is 967. The number of carbonyl (C=O) groups excluding carboxylic acids is 2. The highest BCUT2D eigenvalue weighted by Crippen LogP contribution is 2.17. The lowest BCUT2D eigenvalue weighted by atomic mass is 10.1. The van der Waals surface area contributed by atoms with E-state index in [2.05, 4.69) is 10.2 Å². The van der Waals surface area contributed by atoms with Gasteiger partial charge in [-0.2, -0.15) is 10.2 Å². The number of amides is 1. The molecule has 167 valence electrons. The Balaban J connectivity index is 2.01. The molecule has 2 rings (SSSR count). The van der Waals surface area contributed by atoms with Crippen LogP contribution in [0.2, 0.25) is 0 Å². The molecule has 1 radical (unpaired) electrons. The van der Waals surface area contributed by atoms with E-state index in [1.807, 2.05) is 0 Å². The van der Waals surface area contributed by atoms with E-state index in [1.165, 1.54) is 12.1 Å². The average Bonchev–Trinajstić information content (AvgIpc) is 2.74. The van der Waals surface area contributed by atoms with Crippen LogP contribution >= 0.6 is 0 Å². The monoisotopic (exact) mass is 447 g/mol. The van der Waals surface area contributed by atoms with Gasteiger partial charge in [0.1, 0.15) is 6.04 Å². The van der Waals surface area contributed by atoms with Gasteiger partial charge in [-0.3, -0.25) is 4.79 Å². The highest BCUT2D eigenvalue weighted by Gasteiger charge is 2.28. The summed E-state index contributed by atoms with van der Waals surface area (Å²) in [6, 6.07) is 13.1. The summed E-state index contributed by atoms with van der Waals surface area (Å²) in [5.74, 6) is -1.16. The van der Waals surface area contributed by atoms with E-state index >= 15 is 0 Å². The highest BCUT2D eigenvalue weighted by atomic mass is 32.2. The van der Waals surface area contributed by atoms with Crippen LogP contribution in [-0.2, 0) is 30.9 Å². The van der Waals surface area contributed by atoms with Crippen LogP contribution in [0.1, 0.15) is 31.2 Å². The number of sulfonamides is 1. The topological polar surface area (TPSA) is 151 Å². The second-order valence-corrected chi connectivity index (χ2v) is 8.65. The zero-order valence-corrected chi connectivity index (χ0v) is 17.9. The van der Waals surface area contributed by atoms with Crippen molar-refractivity contribution in [2.24, 2.45) is 5.73 Å². The summed E-state index contributed by atoms with van der Waals surface area (Å²) in [5, 5.41) is 0. The third-order valence-corrected chi connectivity index (χ3v) is 5.94. The molecular weight excluding hydrogens is 420 g/mol. The molecule has 0 saturated heterocycles. The van der Waals surface area contributed by atoms with Gasteiger partial charge in [-0.1, -0.05) is 42.8 Å². The summed E-state index contributed by atoms with van der Waals surface area (Å²) in [7, 11) is -3.97. The molecule has 0 aliphatic heterocycles. The lowest BCUT2D eigenvalue weighted by Gasteiger charge is -2.18. The molecule has 10 heteroatoms. The molecule has 0 aliphatic carbocycles. The first-order valence-corrected chi connectivity index (χ1v) is 11.4. The SMILES string of the molecule is [NH]c1ccccc1C[C@H](NS(=O)(=O)c1ccccc1)C(=O)ONCCCCCC(N)=O. The van der Waals surface area contributed by atoms with Gasteiger partial charge in [-0.25, -0.2) is 13.2 Å². The largest absolute Gasteiger partial charge is 0.370 e. The third-order valence-electron chi connectivity index (χ3n) is 4.45. The fourth-order valence-corrected chi connectivity index (χ4v) is 4.02. The van der Waals surface area contributed by atoms with Crippen LogP contribution in [0.5, 0.6) is 0 Å². The first-order chi connectivity index (χ1) is 14.8. The van der Waals surface area contributed by atoms with Crippen molar-refractivity contribution in [1.29, 1.82) is 0 Å². The van der Waals surface area contributed by atoms with Gasteiger partial charge in [0.05, 0.1) is 10.6 Å². The summed E-state index contributed by atoms with van der Waals surface area (Å²) in [6.45, 7) is 0.345. The number of rotatable bonds is 13. The number of hydrogen-bond acceptors (Lipinski definition) is 6. The maximum Gasteiger partial charge on any atom is 0.343 e. The van der Waals surface area contributed by atoms with Crippen LogP contribution in [0.3, 0.4) is 0 Å². The van der Waals surface area contributed by atoms with Gasteiger partial charge in [0.2, 0.25) is 15.9 Å². The molecule has 0 aromatic heterocycles. The van der Waals surface area contributed by atoms with Gasteiger partial charge in [-0.05, 0) is 36.6 Å². The Morgan fingerprint density at radius 1 is 1.00 bits per heavy atom. The zero-order valence-electron chi connectivity index (χ0n) is 17.0. The molecule has 31 heavy (non-hydrogen) atoms. The Kier molecular flexibility index (Phi) is 9.44. The summed E-state index contributed by atoms with van der Waals surface area (Å²) >= 11 is 0. The van der Waals surface area contributed by atoms with E-state index in [-0.39, 0.29) is 22.9 Å². The molecule has 1 atom stereocenters. The molecule has 0 saturated carbocycles. The number of hydroxylamine groups is 1. The molecule has 1 amide bonds. The summed E-state index contributed by atoms with van der Waals surface area (Å²) < 4.78 is 27.8. The smallest absolute Gasteiger partial charge is 0.343 e.